The summed E-state index contributed by atoms with van der Waals surface area (Å²) in [6.45, 7) is 4.33. The molecule has 1 heterocycles. The Bertz CT molecular complexity index is 609. The zero-order valence-electron chi connectivity index (χ0n) is 14.6. The first kappa shape index (κ1) is 16.9. The minimum absolute atomic E-state index is 0.165. The molecule has 0 spiro atoms. The van der Waals surface area contributed by atoms with Crippen molar-refractivity contribution in [3.05, 3.63) is 54.1 Å². The molecule has 0 saturated heterocycles. The molecule has 3 rings (SSSR count). The largest absolute Gasteiger partial charge is 0.490 e. The topological polar surface area (TPSA) is 47.0 Å². The first-order valence-electron chi connectivity index (χ1n) is 9.05. The van der Waals surface area contributed by atoms with E-state index in [-0.39, 0.29) is 6.04 Å². The van der Waals surface area contributed by atoms with Crippen LogP contribution in [0.1, 0.15) is 69.3 Å². The molecule has 0 bridgehead atoms. The lowest BCUT2D eigenvalue weighted by Crippen LogP contribution is -2.25. The molecule has 0 unspecified atom stereocenters. The third kappa shape index (κ3) is 4.32. The van der Waals surface area contributed by atoms with Crippen molar-refractivity contribution < 1.29 is 4.74 Å². The molecule has 4 heteroatoms. The van der Waals surface area contributed by atoms with Crippen molar-refractivity contribution in [2.75, 3.05) is 0 Å². The smallest absolute Gasteiger partial charge is 0.119 e. The van der Waals surface area contributed by atoms with Crippen LogP contribution in [0.2, 0.25) is 0 Å². The summed E-state index contributed by atoms with van der Waals surface area (Å²) in [5.74, 6) is 0.988. The van der Waals surface area contributed by atoms with Crippen molar-refractivity contribution >= 4 is 0 Å². The van der Waals surface area contributed by atoms with Crippen molar-refractivity contribution in [3.8, 4) is 5.75 Å². The normalized spacial score (nSPS) is 17.6. The number of ether oxygens (including phenoxy) is 1. The van der Waals surface area contributed by atoms with Gasteiger partial charge in [-0.2, -0.15) is 0 Å². The maximum Gasteiger partial charge on any atom is 0.119 e. The number of aromatic nitrogens is 2. The predicted octanol–water partition coefficient (Wildman–Crippen LogP) is 4.60. The maximum absolute atomic E-state index is 6.06. The number of nitrogens with zero attached hydrogens (tertiary/aromatic N) is 2. The molecule has 1 aromatic heterocycles. The third-order valence-electron chi connectivity index (χ3n) is 4.77. The Morgan fingerprint density at radius 3 is 2.54 bits per heavy atom. The summed E-state index contributed by atoms with van der Waals surface area (Å²) >= 11 is 0. The Morgan fingerprint density at radius 1 is 1.17 bits per heavy atom. The Hall–Kier alpha value is -1.94. The van der Waals surface area contributed by atoms with Crippen LogP contribution >= 0.6 is 0 Å². The van der Waals surface area contributed by atoms with E-state index in [1.807, 2.05) is 6.20 Å². The predicted molar refractivity (Wildman–Crippen MR) is 95.9 cm³/mol. The zero-order valence-corrected chi connectivity index (χ0v) is 14.6. The molecule has 1 aliphatic carbocycles. The SMILES string of the molecule is CC[C@@H](N[C@@H](C)c1cnccn1)c1ccc(OC2CCCC2)cc1. The molecule has 0 amide bonds. The van der Waals surface area contributed by atoms with Crippen LogP contribution in [0.5, 0.6) is 5.75 Å². The number of nitrogens with one attached hydrogen (secondary N) is 1. The van der Waals surface area contributed by atoms with Crippen LogP contribution in [-0.2, 0) is 0 Å². The molecule has 1 fully saturated rings. The van der Waals surface area contributed by atoms with E-state index in [2.05, 4.69) is 53.4 Å². The number of rotatable bonds is 7. The van der Waals surface area contributed by atoms with E-state index in [1.165, 1.54) is 31.2 Å². The number of hydrogen-bond donors (Lipinski definition) is 1. The van der Waals surface area contributed by atoms with E-state index in [0.29, 0.717) is 12.1 Å². The average Bonchev–Trinajstić information content (AvgIpc) is 3.14. The fourth-order valence-corrected chi connectivity index (χ4v) is 3.35. The molecule has 1 saturated carbocycles. The quantitative estimate of drug-likeness (QED) is 0.808. The van der Waals surface area contributed by atoms with Gasteiger partial charge < -0.3 is 10.1 Å². The van der Waals surface area contributed by atoms with Crippen molar-refractivity contribution in [2.45, 2.75) is 64.1 Å². The Balaban J connectivity index is 1.62. The zero-order chi connectivity index (χ0) is 16.8. The third-order valence-corrected chi connectivity index (χ3v) is 4.77. The summed E-state index contributed by atoms with van der Waals surface area (Å²) in [5.41, 5.74) is 2.25. The highest BCUT2D eigenvalue weighted by atomic mass is 16.5. The van der Waals surface area contributed by atoms with Gasteiger partial charge >= 0.3 is 0 Å². The van der Waals surface area contributed by atoms with Gasteiger partial charge in [-0.3, -0.25) is 9.97 Å². The van der Waals surface area contributed by atoms with E-state index < -0.39 is 0 Å². The van der Waals surface area contributed by atoms with Crippen LogP contribution in [-0.4, -0.2) is 16.1 Å². The minimum Gasteiger partial charge on any atom is -0.490 e. The molecule has 2 aromatic rings. The van der Waals surface area contributed by atoms with Gasteiger partial charge in [0.15, 0.2) is 0 Å². The van der Waals surface area contributed by atoms with Crippen LogP contribution in [0, 0.1) is 0 Å². The Labute approximate surface area is 144 Å². The standard InChI is InChI=1S/C20H27N3O/c1-3-19(23-15(2)20-14-21-12-13-22-20)16-8-10-18(11-9-16)24-17-6-4-5-7-17/h8-15,17,19,23H,3-7H2,1-2H3/t15-,19+/m0/s1. The van der Waals surface area contributed by atoms with E-state index in [9.17, 15) is 0 Å². The second-order valence-electron chi connectivity index (χ2n) is 6.57. The molecular weight excluding hydrogens is 298 g/mol. The van der Waals surface area contributed by atoms with Gasteiger partial charge in [0, 0.05) is 30.7 Å². The lowest BCUT2D eigenvalue weighted by Gasteiger charge is -2.22. The summed E-state index contributed by atoms with van der Waals surface area (Å²) in [6.07, 6.45) is 11.7. The van der Waals surface area contributed by atoms with Crippen LogP contribution < -0.4 is 10.1 Å². The number of benzene rings is 1. The summed E-state index contributed by atoms with van der Waals surface area (Å²) in [4.78, 5) is 8.54. The number of hydrogen-bond acceptors (Lipinski definition) is 4. The summed E-state index contributed by atoms with van der Waals surface area (Å²) in [5, 5.41) is 3.65. The van der Waals surface area contributed by atoms with Crippen molar-refractivity contribution in [3.63, 3.8) is 0 Å². The second-order valence-corrected chi connectivity index (χ2v) is 6.57. The van der Waals surface area contributed by atoms with Crippen LogP contribution in [0.3, 0.4) is 0 Å². The molecule has 0 radical (unpaired) electrons. The van der Waals surface area contributed by atoms with Crippen molar-refractivity contribution in [2.24, 2.45) is 0 Å². The first-order chi connectivity index (χ1) is 11.8. The van der Waals surface area contributed by atoms with Crippen LogP contribution in [0.25, 0.3) is 0 Å². The molecular formula is C20H27N3O. The molecule has 4 nitrogen and oxygen atoms in total. The molecule has 1 N–H and O–H groups in total. The maximum atomic E-state index is 6.06. The van der Waals surface area contributed by atoms with Gasteiger partial charge in [0.1, 0.15) is 5.75 Å². The van der Waals surface area contributed by atoms with Gasteiger partial charge in [0.2, 0.25) is 0 Å². The van der Waals surface area contributed by atoms with E-state index in [1.54, 1.807) is 12.4 Å². The van der Waals surface area contributed by atoms with Gasteiger partial charge in [0.05, 0.1) is 11.8 Å². The monoisotopic (exact) mass is 325 g/mol. The van der Waals surface area contributed by atoms with Crippen LogP contribution in [0.15, 0.2) is 42.9 Å². The molecule has 0 aliphatic heterocycles. The fourth-order valence-electron chi connectivity index (χ4n) is 3.35. The average molecular weight is 325 g/mol. The van der Waals surface area contributed by atoms with Gasteiger partial charge in [0.25, 0.3) is 0 Å². The summed E-state index contributed by atoms with van der Waals surface area (Å²) < 4.78 is 6.06. The van der Waals surface area contributed by atoms with Crippen molar-refractivity contribution in [1.29, 1.82) is 0 Å². The molecule has 2 atom stereocenters. The highest BCUT2D eigenvalue weighted by Crippen LogP contribution is 2.27. The molecule has 1 aromatic carbocycles. The second kappa shape index (κ2) is 8.25. The highest BCUT2D eigenvalue weighted by molar-refractivity contribution is 5.29. The van der Waals surface area contributed by atoms with E-state index >= 15 is 0 Å². The van der Waals surface area contributed by atoms with E-state index in [4.69, 9.17) is 4.74 Å². The van der Waals surface area contributed by atoms with Gasteiger partial charge in [-0.05, 0) is 56.7 Å². The van der Waals surface area contributed by atoms with Crippen LogP contribution in [0.4, 0.5) is 0 Å². The van der Waals surface area contributed by atoms with Gasteiger partial charge in [-0.15, -0.1) is 0 Å². The molecule has 24 heavy (non-hydrogen) atoms. The highest BCUT2D eigenvalue weighted by Gasteiger charge is 2.17. The Morgan fingerprint density at radius 2 is 1.92 bits per heavy atom. The molecule has 1 aliphatic rings. The fraction of sp³-hybridized carbons (Fsp3) is 0.500. The van der Waals surface area contributed by atoms with E-state index in [0.717, 1.165) is 17.9 Å². The summed E-state index contributed by atoms with van der Waals surface area (Å²) in [7, 11) is 0. The lowest BCUT2D eigenvalue weighted by atomic mass is 10.0. The van der Waals surface area contributed by atoms with Gasteiger partial charge in [-0.25, -0.2) is 0 Å². The first-order valence-corrected chi connectivity index (χ1v) is 9.05. The lowest BCUT2D eigenvalue weighted by molar-refractivity contribution is 0.210. The van der Waals surface area contributed by atoms with Crippen molar-refractivity contribution in [1.82, 2.24) is 15.3 Å². The van der Waals surface area contributed by atoms with Gasteiger partial charge in [-0.1, -0.05) is 19.1 Å². The summed E-state index contributed by atoms with van der Waals surface area (Å²) in [6, 6.07) is 9.01. The Kier molecular flexibility index (Phi) is 5.81. The molecule has 128 valence electrons. The minimum atomic E-state index is 0.165.